The topological polar surface area (TPSA) is 27.7 Å². The highest BCUT2D eigenvalue weighted by molar-refractivity contribution is 7.79. The summed E-state index contributed by atoms with van der Waals surface area (Å²) in [5.41, 5.74) is 3.09. The standard InChI is InChI=1S/C18H18O3S/c1-19-16-10-15(11-17(20-2)18(16)21-3)9-6-13-4-7-14(12-22)8-5-13/h4-12H,1-3H3. The Morgan fingerprint density at radius 2 is 1.23 bits per heavy atom. The molecule has 0 aliphatic heterocycles. The molecular formula is C18H18O3S. The van der Waals surface area contributed by atoms with Gasteiger partial charge in [-0.25, -0.2) is 0 Å². The molecule has 0 aliphatic carbocycles. The van der Waals surface area contributed by atoms with Gasteiger partial charge in [-0.2, -0.15) is 0 Å². The Hall–Kier alpha value is -2.33. The molecule has 0 heterocycles. The lowest BCUT2D eigenvalue weighted by Gasteiger charge is -2.12. The van der Waals surface area contributed by atoms with Gasteiger partial charge in [-0.3, -0.25) is 0 Å². The van der Waals surface area contributed by atoms with Gasteiger partial charge < -0.3 is 14.2 Å². The fourth-order valence-corrected chi connectivity index (χ4v) is 2.23. The smallest absolute Gasteiger partial charge is 0.203 e. The second-order valence-electron chi connectivity index (χ2n) is 4.58. The number of rotatable bonds is 6. The zero-order valence-corrected chi connectivity index (χ0v) is 13.6. The zero-order valence-electron chi connectivity index (χ0n) is 12.8. The van der Waals surface area contributed by atoms with Gasteiger partial charge in [0.2, 0.25) is 5.75 Å². The monoisotopic (exact) mass is 314 g/mol. The number of thiocarbonyl (C=S) groups is 1. The van der Waals surface area contributed by atoms with Crippen LogP contribution in [-0.4, -0.2) is 26.7 Å². The Bertz CT molecular complexity index is 650. The Balaban J connectivity index is 2.31. The number of hydrogen-bond acceptors (Lipinski definition) is 4. The lowest BCUT2D eigenvalue weighted by molar-refractivity contribution is 0.324. The van der Waals surface area contributed by atoms with Crippen LogP contribution in [0.4, 0.5) is 0 Å². The molecule has 4 heteroatoms. The summed E-state index contributed by atoms with van der Waals surface area (Å²) >= 11 is 4.90. The average molecular weight is 314 g/mol. The summed E-state index contributed by atoms with van der Waals surface area (Å²) in [6.07, 6.45) is 4.02. The van der Waals surface area contributed by atoms with Crippen LogP contribution in [0.2, 0.25) is 0 Å². The van der Waals surface area contributed by atoms with Crippen molar-refractivity contribution in [1.82, 2.24) is 0 Å². The maximum absolute atomic E-state index is 5.35. The fourth-order valence-electron chi connectivity index (χ4n) is 2.08. The van der Waals surface area contributed by atoms with Crippen molar-refractivity contribution in [2.24, 2.45) is 0 Å². The van der Waals surface area contributed by atoms with Crippen LogP contribution < -0.4 is 14.2 Å². The Kier molecular flexibility index (Phi) is 5.55. The maximum atomic E-state index is 5.35. The van der Waals surface area contributed by atoms with Gasteiger partial charge in [-0.15, -0.1) is 0 Å². The van der Waals surface area contributed by atoms with E-state index in [0.29, 0.717) is 17.2 Å². The van der Waals surface area contributed by atoms with Gasteiger partial charge >= 0.3 is 0 Å². The summed E-state index contributed by atoms with van der Waals surface area (Å²) in [6.45, 7) is 0. The van der Waals surface area contributed by atoms with Gasteiger partial charge in [0, 0.05) is 5.37 Å². The second kappa shape index (κ2) is 7.61. The van der Waals surface area contributed by atoms with Crippen LogP contribution in [0.15, 0.2) is 36.4 Å². The minimum atomic E-state index is 0.590. The highest BCUT2D eigenvalue weighted by atomic mass is 32.1. The van der Waals surface area contributed by atoms with Crippen LogP contribution in [0.3, 0.4) is 0 Å². The molecule has 0 fully saturated rings. The highest BCUT2D eigenvalue weighted by Gasteiger charge is 2.11. The quantitative estimate of drug-likeness (QED) is 0.589. The zero-order chi connectivity index (χ0) is 15.9. The van der Waals surface area contributed by atoms with Gasteiger partial charge in [0.1, 0.15) is 0 Å². The normalized spacial score (nSPS) is 10.5. The van der Waals surface area contributed by atoms with E-state index in [1.54, 1.807) is 26.7 Å². The van der Waals surface area contributed by atoms with Gasteiger partial charge in [-0.05, 0) is 28.8 Å². The molecule has 2 aromatic rings. The largest absolute Gasteiger partial charge is 0.493 e. The van der Waals surface area contributed by atoms with Crippen molar-refractivity contribution in [3.05, 3.63) is 53.1 Å². The Morgan fingerprint density at radius 1 is 0.727 bits per heavy atom. The summed E-state index contributed by atoms with van der Waals surface area (Å²) in [5.74, 6) is 1.86. The number of benzene rings is 2. The van der Waals surface area contributed by atoms with Gasteiger partial charge in [-0.1, -0.05) is 48.6 Å². The summed E-state index contributed by atoms with van der Waals surface area (Å²) in [5, 5.41) is 1.66. The third-order valence-corrected chi connectivity index (χ3v) is 3.50. The van der Waals surface area contributed by atoms with Crippen LogP contribution >= 0.6 is 12.2 Å². The third kappa shape index (κ3) is 3.65. The number of hydrogen-bond donors (Lipinski definition) is 0. The van der Waals surface area contributed by atoms with Crippen molar-refractivity contribution in [3.8, 4) is 17.2 Å². The molecule has 0 radical (unpaired) electrons. The molecule has 0 aromatic heterocycles. The molecule has 114 valence electrons. The first-order valence-corrected chi connectivity index (χ1v) is 7.22. The van der Waals surface area contributed by atoms with Crippen molar-refractivity contribution >= 4 is 29.7 Å². The minimum Gasteiger partial charge on any atom is -0.493 e. The van der Waals surface area contributed by atoms with Crippen molar-refractivity contribution in [2.75, 3.05) is 21.3 Å². The van der Waals surface area contributed by atoms with E-state index in [9.17, 15) is 0 Å². The molecule has 0 saturated carbocycles. The molecule has 2 rings (SSSR count). The minimum absolute atomic E-state index is 0.590. The van der Waals surface area contributed by atoms with Crippen molar-refractivity contribution in [1.29, 1.82) is 0 Å². The number of methoxy groups -OCH3 is 3. The van der Waals surface area contributed by atoms with E-state index in [1.165, 1.54) is 0 Å². The van der Waals surface area contributed by atoms with Crippen molar-refractivity contribution < 1.29 is 14.2 Å². The van der Waals surface area contributed by atoms with E-state index in [-0.39, 0.29) is 0 Å². The molecule has 3 nitrogen and oxygen atoms in total. The molecule has 0 aliphatic rings. The first-order chi connectivity index (χ1) is 10.7. The Labute approximate surface area is 136 Å². The van der Waals surface area contributed by atoms with E-state index in [1.807, 2.05) is 48.6 Å². The van der Waals surface area contributed by atoms with E-state index in [2.05, 4.69) is 0 Å². The first-order valence-electron chi connectivity index (χ1n) is 6.75. The molecule has 2 aromatic carbocycles. The Morgan fingerprint density at radius 3 is 1.68 bits per heavy atom. The predicted octanol–water partition coefficient (Wildman–Crippen LogP) is 4.23. The fraction of sp³-hybridized carbons (Fsp3) is 0.167. The van der Waals surface area contributed by atoms with Crippen molar-refractivity contribution in [2.45, 2.75) is 0 Å². The van der Waals surface area contributed by atoms with E-state index in [4.69, 9.17) is 26.4 Å². The maximum Gasteiger partial charge on any atom is 0.203 e. The van der Waals surface area contributed by atoms with E-state index < -0.39 is 0 Å². The summed E-state index contributed by atoms with van der Waals surface area (Å²) < 4.78 is 16.0. The molecule has 0 amide bonds. The summed E-state index contributed by atoms with van der Waals surface area (Å²) in [4.78, 5) is 0. The molecule has 0 N–H and O–H groups in total. The van der Waals surface area contributed by atoms with Crippen LogP contribution in [-0.2, 0) is 0 Å². The molecule has 0 unspecified atom stereocenters. The van der Waals surface area contributed by atoms with E-state index >= 15 is 0 Å². The third-order valence-electron chi connectivity index (χ3n) is 3.23. The van der Waals surface area contributed by atoms with Gasteiger partial charge in [0.25, 0.3) is 0 Å². The lowest BCUT2D eigenvalue weighted by atomic mass is 10.1. The molecule has 0 bridgehead atoms. The molecule has 0 spiro atoms. The van der Waals surface area contributed by atoms with Crippen LogP contribution in [0.5, 0.6) is 17.2 Å². The predicted molar refractivity (Wildman–Crippen MR) is 94.2 cm³/mol. The van der Waals surface area contributed by atoms with Crippen LogP contribution in [0.25, 0.3) is 12.2 Å². The molecular weight excluding hydrogens is 296 g/mol. The summed E-state index contributed by atoms with van der Waals surface area (Å²) in [6, 6.07) is 11.8. The second-order valence-corrected chi connectivity index (χ2v) is 4.81. The first kappa shape index (κ1) is 16.0. The van der Waals surface area contributed by atoms with Gasteiger partial charge in [0.15, 0.2) is 11.5 Å². The molecule has 0 atom stereocenters. The highest BCUT2D eigenvalue weighted by Crippen LogP contribution is 2.38. The number of ether oxygens (including phenoxy) is 3. The SMILES string of the molecule is COc1cc(C=Cc2ccc(C=S)cc2)cc(OC)c1OC. The van der Waals surface area contributed by atoms with Crippen LogP contribution in [0, 0.1) is 0 Å². The van der Waals surface area contributed by atoms with E-state index in [0.717, 1.165) is 16.7 Å². The van der Waals surface area contributed by atoms with Crippen molar-refractivity contribution in [3.63, 3.8) is 0 Å². The van der Waals surface area contributed by atoms with Crippen LogP contribution in [0.1, 0.15) is 16.7 Å². The molecule has 22 heavy (non-hydrogen) atoms. The summed E-state index contributed by atoms with van der Waals surface area (Å²) in [7, 11) is 4.80. The molecule has 0 saturated heterocycles. The van der Waals surface area contributed by atoms with Gasteiger partial charge in [0.05, 0.1) is 21.3 Å². The average Bonchev–Trinajstić information content (AvgIpc) is 2.59. The lowest BCUT2D eigenvalue weighted by Crippen LogP contribution is -1.95.